The number of hydrogen-bond donors (Lipinski definition) is 1. The summed E-state index contributed by atoms with van der Waals surface area (Å²) in [6, 6.07) is 3.27. The molecular weight excluding hydrogens is 350 g/mol. The van der Waals surface area contributed by atoms with Gasteiger partial charge in [-0.2, -0.15) is 0 Å². The highest BCUT2D eigenvalue weighted by atomic mass is 79.9. The van der Waals surface area contributed by atoms with Gasteiger partial charge in [-0.05, 0) is 40.4 Å². The Kier molecular flexibility index (Phi) is 7.09. The van der Waals surface area contributed by atoms with Gasteiger partial charge in [0.1, 0.15) is 0 Å². The Hall–Kier alpha value is -1.34. The molecule has 2 N–H and O–H groups in total. The minimum absolute atomic E-state index is 0.00453. The molecule has 124 valence electrons. The zero-order chi connectivity index (χ0) is 16.9. The third-order valence-electron chi connectivity index (χ3n) is 3.58. The molecule has 0 aromatic carbocycles. The zero-order valence-corrected chi connectivity index (χ0v) is 15.1. The summed E-state index contributed by atoms with van der Waals surface area (Å²) in [5, 5.41) is 0. The van der Waals surface area contributed by atoms with Gasteiger partial charge in [0, 0.05) is 26.7 Å². The number of nitrogens with two attached hydrogens (primary N) is 1. The average Bonchev–Trinajstić information content (AvgIpc) is 2.89. The van der Waals surface area contributed by atoms with Gasteiger partial charge in [0.25, 0.3) is 5.91 Å². The van der Waals surface area contributed by atoms with E-state index < -0.39 is 0 Å². The van der Waals surface area contributed by atoms with Crippen molar-refractivity contribution in [2.45, 2.75) is 26.3 Å². The van der Waals surface area contributed by atoms with E-state index in [1.54, 1.807) is 31.1 Å². The molecule has 6 nitrogen and oxygen atoms in total. The minimum atomic E-state index is -0.327. The number of carbonyl (C=O) groups is 2. The molecule has 0 bridgehead atoms. The van der Waals surface area contributed by atoms with Crippen molar-refractivity contribution in [1.82, 2.24) is 9.80 Å². The lowest BCUT2D eigenvalue weighted by molar-refractivity contribution is -0.130. The number of hydrogen-bond acceptors (Lipinski definition) is 4. The van der Waals surface area contributed by atoms with Crippen LogP contribution in [-0.4, -0.2) is 54.8 Å². The molecule has 1 unspecified atom stereocenters. The van der Waals surface area contributed by atoms with E-state index in [1.807, 2.05) is 0 Å². The minimum Gasteiger partial charge on any atom is -0.444 e. The number of carbonyl (C=O) groups excluding carboxylic acids is 2. The lowest BCUT2D eigenvalue weighted by Gasteiger charge is -2.24. The Bertz CT molecular complexity index is 516. The Balaban J connectivity index is 2.47. The molecule has 0 spiro atoms. The highest BCUT2D eigenvalue weighted by Crippen LogP contribution is 2.15. The normalized spacial score (nSPS) is 12.3. The van der Waals surface area contributed by atoms with Crippen LogP contribution in [0.5, 0.6) is 0 Å². The van der Waals surface area contributed by atoms with Crippen LogP contribution in [0.1, 0.15) is 30.8 Å². The van der Waals surface area contributed by atoms with E-state index in [-0.39, 0.29) is 30.2 Å². The summed E-state index contributed by atoms with van der Waals surface area (Å²) < 4.78 is 5.68. The number of furan rings is 1. The monoisotopic (exact) mass is 373 g/mol. The molecule has 1 heterocycles. The molecule has 0 radical (unpaired) electrons. The van der Waals surface area contributed by atoms with Crippen LogP contribution in [0.2, 0.25) is 0 Å². The Morgan fingerprint density at radius 3 is 2.41 bits per heavy atom. The second-order valence-electron chi connectivity index (χ2n) is 5.78. The lowest BCUT2D eigenvalue weighted by atomic mass is 10.0. The van der Waals surface area contributed by atoms with Crippen molar-refractivity contribution in [3.63, 3.8) is 0 Å². The molecule has 0 saturated heterocycles. The molecule has 2 amide bonds. The van der Waals surface area contributed by atoms with Crippen molar-refractivity contribution in [2.75, 3.05) is 27.2 Å². The first kappa shape index (κ1) is 18.7. The van der Waals surface area contributed by atoms with E-state index >= 15 is 0 Å². The summed E-state index contributed by atoms with van der Waals surface area (Å²) in [7, 11) is 3.29. The number of likely N-dealkylation sites (N-methyl/N-ethyl adjacent to an activating group) is 2. The standard InChI is InChI=1S/C15H24BrN3O3/c1-10(2)11(17)7-8-18(3)14(20)9-19(4)15(21)12-5-6-13(16)22-12/h5-6,10-11H,7-9,17H2,1-4H3. The predicted octanol–water partition coefficient (Wildman–Crippen LogP) is 1.95. The maximum absolute atomic E-state index is 12.1. The second-order valence-corrected chi connectivity index (χ2v) is 6.56. The summed E-state index contributed by atoms with van der Waals surface area (Å²) in [6.07, 6.45) is 0.739. The van der Waals surface area contributed by atoms with Crippen LogP contribution in [0.25, 0.3) is 0 Å². The molecular formula is C15H24BrN3O3. The maximum atomic E-state index is 12.1. The van der Waals surface area contributed by atoms with Crippen LogP contribution in [0.3, 0.4) is 0 Å². The van der Waals surface area contributed by atoms with E-state index in [9.17, 15) is 9.59 Å². The van der Waals surface area contributed by atoms with Gasteiger partial charge in [-0.3, -0.25) is 9.59 Å². The molecule has 0 saturated carbocycles. The van der Waals surface area contributed by atoms with Crippen LogP contribution in [0.4, 0.5) is 0 Å². The maximum Gasteiger partial charge on any atom is 0.289 e. The number of amides is 2. The van der Waals surface area contributed by atoms with Crippen molar-refractivity contribution in [1.29, 1.82) is 0 Å². The first-order chi connectivity index (χ1) is 10.2. The zero-order valence-electron chi connectivity index (χ0n) is 13.5. The van der Waals surface area contributed by atoms with Gasteiger partial charge < -0.3 is 20.0 Å². The van der Waals surface area contributed by atoms with Gasteiger partial charge in [0.15, 0.2) is 10.4 Å². The highest BCUT2D eigenvalue weighted by Gasteiger charge is 2.20. The van der Waals surface area contributed by atoms with Gasteiger partial charge in [0.2, 0.25) is 5.91 Å². The molecule has 1 aromatic rings. The topological polar surface area (TPSA) is 79.8 Å². The molecule has 1 atom stereocenters. The van der Waals surface area contributed by atoms with E-state index in [2.05, 4.69) is 29.8 Å². The summed E-state index contributed by atoms with van der Waals surface area (Å²) >= 11 is 3.14. The predicted molar refractivity (Wildman–Crippen MR) is 88.4 cm³/mol. The Morgan fingerprint density at radius 2 is 1.91 bits per heavy atom. The number of rotatable bonds is 7. The first-order valence-electron chi connectivity index (χ1n) is 7.22. The molecule has 22 heavy (non-hydrogen) atoms. The van der Waals surface area contributed by atoms with Gasteiger partial charge in [-0.25, -0.2) is 0 Å². The third-order valence-corrected chi connectivity index (χ3v) is 4.01. The van der Waals surface area contributed by atoms with Gasteiger partial charge in [0.05, 0.1) is 6.54 Å². The third kappa shape index (κ3) is 5.46. The van der Waals surface area contributed by atoms with Gasteiger partial charge >= 0.3 is 0 Å². The molecule has 0 aliphatic heterocycles. The second kappa shape index (κ2) is 8.33. The van der Waals surface area contributed by atoms with Gasteiger partial charge in [-0.15, -0.1) is 0 Å². The average molecular weight is 374 g/mol. The molecule has 0 aliphatic rings. The van der Waals surface area contributed by atoms with Crippen LogP contribution in [0.15, 0.2) is 21.2 Å². The van der Waals surface area contributed by atoms with E-state index in [1.165, 1.54) is 4.90 Å². The smallest absolute Gasteiger partial charge is 0.289 e. The molecule has 0 aliphatic carbocycles. The van der Waals surface area contributed by atoms with Crippen LogP contribution >= 0.6 is 15.9 Å². The van der Waals surface area contributed by atoms with Crippen molar-refractivity contribution >= 4 is 27.7 Å². The van der Waals surface area contributed by atoms with Crippen molar-refractivity contribution in [3.8, 4) is 0 Å². The SMILES string of the molecule is CC(C)C(N)CCN(C)C(=O)CN(C)C(=O)c1ccc(Br)o1. The molecule has 1 rings (SSSR count). The van der Waals surface area contributed by atoms with Crippen LogP contribution in [-0.2, 0) is 4.79 Å². The largest absolute Gasteiger partial charge is 0.444 e. The Morgan fingerprint density at radius 1 is 1.27 bits per heavy atom. The summed E-state index contributed by atoms with van der Waals surface area (Å²) in [6.45, 7) is 4.69. The Labute approximate surface area is 139 Å². The number of nitrogens with zero attached hydrogens (tertiary/aromatic N) is 2. The lowest BCUT2D eigenvalue weighted by Crippen LogP contribution is -2.41. The highest BCUT2D eigenvalue weighted by molar-refractivity contribution is 9.10. The van der Waals surface area contributed by atoms with Crippen molar-refractivity contribution in [3.05, 3.63) is 22.6 Å². The van der Waals surface area contributed by atoms with E-state index in [0.29, 0.717) is 17.1 Å². The quantitative estimate of drug-likeness (QED) is 0.791. The summed E-state index contributed by atoms with van der Waals surface area (Å²) in [4.78, 5) is 27.2. The van der Waals surface area contributed by atoms with Crippen LogP contribution in [0, 0.1) is 5.92 Å². The van der Waals surface area contributed by atoms with E-state index in [0.717, 1.165) is 6.42 Å². The first-order valence-corrected chi connectivity index (χ1v) is 8.02. The molecule has 1 aromatic heterocycles. The van der Waals surface area contributed by atoms with E-state index in [4.69, 9.17) is 10.2 Å². The van der Waals surface area contributed by atoms with Crippen molar-refractivity contribution < 1.29 is 14.0 Å². The van der Waals surface area contributed by atoms with Gasteiger partial charge in [-0.1, -0.05) is 13.8 Å². The molecule has 7 heteroatoms. The summed E-state index contributed by atoms with van der Waals surface area (Å²) in [5.74, 6) is 0.126. The number of halogens is 1. The van der Waals surface area contributed by atoms with Crippen LogP contribution < -0.4 is 5.73 Å². The fourth-order valence-corrected chi connectivity index (χ4v) is 2.12. The summed E-state index contributed by atoms with van der Waals surface area (Å²) in [5.41, 5.74) is 5.97. The fourth-order valence-electron chi connectivity index (χ4n) is 1.81. The van der Waals surface area contributed by atoms with Crippen molar-refractivity contribution in [2.24, 2.45) is 11.7 Å². The molecule has 0 fully saturated rings. The fraction of sp³-hybridized carbons (Fsp3) is 0.600.